The molecule has 1 N–H and O–H groups in total. The topological polar surface area (TPSA) is 55.9 Å². The van der Waals surface area contributed by atoms with Gasteiger partial charge >= 0.3 is 6.03 Å². The molecule has 0 radical (unpaired) electrons. The molecule has 0 saturated carbocycles. The molecule has 0 bridgehead atoms. The van der Waals surface area contributed by atoms with Crippen molar-refractivity contribution in [3.8, 4) is 0 Å². The zero-order valence-electron chi connectivity index (χ0n) is 16.2. The average Bonchev–Trinajstić information content (AvgIpc) is 2.84. The molecule has 6 heteroatoms. The van der Waals surface area contributed by atoms with E-state index in [1.165, 1.54) is 0 Å². The number of nitrogens with zero attached hydrogens (tertiary/aromatic N) is 3. The first-order valence-electron chi connectivity index (χ1n) is 9.71. The van der Waals surface area contributed by atoms with Crippen LogP contribution in [0.4, 0.5) is 4.79 Å². The smallest absolute Gasteiger partial charge is 0.317 e. The van der Waals surface area contributed by atoms with Gasteiger partial charge in [-0.05, 0) is 25.5 Å². The zero-order valence-corrected chi connectivity index (χ0v) is 16.2. The highest BCUT2D eigenvalue weighted by Gasteiger charge is 2.43. The van der Waals surface area contributed by atoms with Crippen molar-refractivity contribution in [2.24, 2.45) is 0 Å². The minimum absolute atomic E-state index is 0.0233. The minimum Gasteiger partial charge on any atom is -0.339 e. The summed E-state index contributed by atoms with van der Waals surface area (Å²) < 4.78 is 0. The summed E-state index contributed by atoms with van der Waals surface area (Å²) >= 11 is 0. The summed E-state index contributed by atoms with van der Waals surface area (Å²) in [6, 6.07) is 9.92. The Morgan fingerprint density at radius 1 is 1.22 bits per heavy atom. The van der Waals surface area contributed by atoms with Crippen LogP contribution in [0.5, 0.6) is 0 Å². The van der Waals surface area contributed by atoms with Crippen LogP contribution in [-0.4, -0.2) is 71.9 Å². The van der Waals surface area contributed by atoms with Gasteiger partial charge in [0.1, 0.15) is 0 Å². The molecule has 1 atom stereocenters. The molecule has 2 heterocycles. The number of hydrogen-bond donors (Lipinski definition) is 1. The van der Waals surface area contributed by atoms with Gasteiger partial charge in [-0.1, -0.05) is 36.4 Å². The van der Waals surface area contributed by atoms with Crippen molar-refractivity contribution in [3.05, 3.63) is 48.6 Å². The molecule has 0 aromatic heterocycles. The first kappa shape index (κ1) is 19.4. The molecule has 1 spiro atoms. The Morgan fingerprint density at radius 2 is 2.00 bits per heavy atom. The molecular weight excluding hydrogens is 340 g/mol. The van der Waals surface area contributed by atoms with E-state index in [2.05, 4.69) is 23.8 Å². The Kier molecular flexibility index (Phi) is 6.16. The second-order valence-corrected chi connectivity index (χ2v) is 7.59. The van der Waals surface area contributed by atoms with E-state index in [9.17, 15) is 9.59 Å². The molecule has 1 aromatic carbocycles. The van der Waals surface area contributed by atoms with Gasteiger partial charge in [0.2, 0.25) is 5.91 Å². The van der Waals surface area contributed by atoms with Crippen LogP contribution < -0.4 is 5.32 Å². The van der Waals surface area contributed by atoms with Gasteiger partial charge in [-0.2, -0.15) is 0 Å². The quantitative estimate of drug-likeness (QED) is 0.826. The van der Waals surface area contributed by atoms with E-state index < -0.39 is 0 Å². The van der Waals surface area contributed by atoms with E-state index in [1.54, 1.807) is 6.08 Å². The largest absolute Gasteiger partial charge is 0.339 e. The minimum atomic E-state index is -0.131. The molecule has 2 saturated heterocycles. The molecule has 3 amide bonds. The zero-order chi connectivity index (χ0) is 19.3. The van der Waals surface area contributed by atoms with Gasteiger partial charge in [-0.3, -0.25) is 9.69 Å². The van der Waals surface area contributed by atoms with Crippen molar-refractivity contribution >= 4 is 11.9 Å². The second-order valence-electron chi connectivity index (χ2n) is 7.59. The van der Waals surface area contributed by atoms with Gasteiger partial charge in [-0.15, -0.1) is 6.58 Å². The fourth-order valence-electron chi connectivity index (χ4n) is 4.10. The molecule has 1 aromatic rings. The standard InChI is InChI=1S/C21H30N4O2/c1-3-12-24-13-11-21(10-9-19(24)26)17-25(15-14-23(21)2)20(27)22-16-18-7-5-4-6-8-18/h3-8H,1,9-17H2,2H3,(H,22,27)/t21-/m0/s1. The summed E-state index contributed by atoms with van der Waals surface area (Å²) in [4.78, 5) is 31.2. The van der Waals surface area contributed by atoms with E-state index in [0.29, 0.717) is 39.1 Å². The predicted octanol–water partition coefficient (Wildman–Crippen LogP) is 2.08. The van der Waals surface area contributed by atoms with E-state index in [1.807, 2.05) is 40.1 Å². The van der Waals surface area contributed by atoms with Gasteiger partial charge in [0.15, 0.2) is 0 Å². The highest BCUT2D eigenvalue weighted by molar-refractivity contribution is 5.77. The fourth-order valence-corrected chi connectivity index (χ4v) is 4.10. The number of piperazine rings is 1. The summed E-state index contributed by atoms with van der Waals surface area (Å²) in [6.07, 6.45) is 3.98. The first-order chi connectivity index (χ1) is 13.0. The Morgan fingerprint density at radius 3 is 2.74 bits per heavy atom. The maximum Gasteiger partial charge on any atom is 0.317 e. The Bertz CT molecular complexity index is 678. The molecule has 0 aliphatic carbocycles. The lowest BCUT2D eigenvalue weighted by Crippen LogP contribution is -2.63. The number of likely N-dealkylation sites (tertiary alicyclic amines) is 1. The van der Waals surface area contributed by atoms with Gasteiger partial charge in [0.05, 0.1) is 0 Å². The van der Waals surface area contributed by atoms with Crippen molar-refractivity contribution in [1.82, 2.24) is 20.0 Å². The lowest BCUT2D eigenvalue weighted by Gasteiger charge is -2.49. The molecule has 27 heavy (non-hydrogen) atoms. The SMILES string of the molecule is C=CCN1CC[C@@]2(CCC1=O)CN(C(=O)NCc1ccccc1)CCN2C. The summed E-state index contributed by atoms with van der Waals surface area (Å²) in [5.41, 5.74) is 0.961. The molecule has 2 fully saturated rings. The number of carbonyl (C=O) groups is 2. The maximum absolute atomic E-state index is 12.7. The molecular formula is C21H30N4O2. The number of hydrogen-bond acceptors (Lipinski definition) is 3. The fraction of sp³-hybridized carbons (Fsp3) is 0.524. The van der Waals surface area contributed by atoms with Crippen LogP contribution >= 0.6 is 0 Å². The van der Waals surface area contributed by atoms with Crippen molar-refractivity contribution < 1.29 is 9.59 Å². The number of likely N-dealkylation sites (N-methyl/N-ethyl adjacent to an activating group) is 1. The van der Waals surface area contributed by atoms with Gasteiger partial charge in [0.25, 0.3) is 0 Å². The molecule has 6 nitrogen and oxygen atoms in total. The molecule has 3 rings (SSSR count). The van der Waals surface area contributed by atoms with Crippen LogP contribution in [0.15, 0.2) is 43.0 Å². The average molecular weight is 370 g/mol. The highest BCUT2D eigenvalue weighted by atomic mass is 16.2. The van der Waals surface area contributed by atoms with Gasteiger partial charge in [-0.25, -0.2) is 4.79 Å². The third kappa shape index (κ3) is 4.50. The number of carbonyl (C=O) groups excluding carboxylic acids is 2. The van der Waals surface area contributed by atoms with Crippen LogP contribution in [-0.2, 0) is 11.3 Å². The van der Waals surface area contributed by atoms with Crippen molar-refractivity contribution in [2.45, 2.75) is 31.3 Å². The number of urea groups is 1. The third-order valence-electron chi connectivity index (χ3n) is 5.93. The first-order valence-corrected chi connectivity index (χ1v) is 9.71. The number of rotatable bonds is 4. The van der Waals surface area contributed by atoms with Gasteiger partial charge < -0.3 is 15.1 Å². The van der Waals surface area contributed by atoms with Crippen LogP contribution in [0.25, 0.3) is 0 Å². The second kappa shape index (κ2) is 8.57. The van der Waals surface area contributed by atoms with E-state index in [4.69, 9.17) is 0 Å². The van der Waals surface area contributed by atoms with Crippen LogP contribution in [0.1, 0.15) is 24.8 Å². The summed E-state index contributed by atoms with van der Waals surface area (Å²) in [7, 11) is 2.12. The molecule has 146 valence electrons. The van der Waals surface area contributed by atoms with Crippen molar-refractivity contribution in [2.75, 3.05) is 39.8 Å². The van der Waals surface area contributed by atoms with Gasteiger partial charge in [0, 0.05) is 51.2 Å². The van der Waals surface area contributed by atoms with Crippen LogP contribution in [0.3, 0.4) is 0 Å². The number of benzene rings is 1. The molecule has 2 aliphatic heterocycles. The Hall–Kier alpha value is -2.34. The molecule has 0 unspecified atom stereocenters. The summed E-state index contributed by atoms with van der Waals surface area (Å²) in [5.74, 6) is 0.186. The lowest BCUT2D eigenvalue weighted by atomic mass is 9.86. The highest BCUT2D eigenvalue weighted by Crippen LogP contribution is 2.32. The van der Waals surface area contributed by atoms with E-state index >= 15 is 0 Å². The summed E-state index contributed by atoms with van der Waals surface area (Å²) in [6.45, 7) is 7.81. The normalized spacial score (nSPS) is 24.0. The van der Waals surface area contributed by atoms with Crippen LogP contribution in [0.2, 0.25) is 0 Å². The Balaban J connectivity index is 1.63. The molecule has 2 aliphatic rings. The lowest BCUT2D eigenvalue weighted by molar-refractivity contribution is -0.130. The summed E-state index contributed by atoms with van der Waals surface area (Å²) in [5, 5.41) is 3.04. The third-order valence-corrected chi connectivity index (χ3v) is 5.93. The number of nitrogens with one attached hydrogen (secondary N) is 1. The van der Waals surface area contributed by atoms with Crippen LogP contribution in [0, 0.1) is 0 Å². The number of amides is 3. The van der Waals surface area contributed by atoms with Crippen molar-refractivity contribution in [1.29, 1.82) is 0 Å². The maximum atomic E-state index is 12.7. The predicted molar refractivity (Wildman–Crippen MR) is 106 cm³/mol. The monoisotopic (exact) mass is 370 g/mol. The van der Waals surface area contributed by atoms with E-state index in [0.717, 1.165) is 24.9 Å². The van der Waals surface area contributed by atoms with Crippen molar-refractivity contribution in [3.63, 3.8) is 0 Å². The Labute approximate surface area is 161 Å². The van der Waals surface area contributed by atoms with E-state index in [-0.39, 0.29) is 17.5 Å².